The van der Waals surface area contributed by atoms with Crippen LogP contribution < -0.4 is 20.3 Å². The lowest BCUT2D eigenvalue weighted by Gasteiger charge is -2.24. The van der Waals surface area contributed by atoms with Gasteiger partial charge in [0.25, 0.3) is 5.91 Å². The third-order valence-electron chi connectivity index (χ3n) is 5.90. The van der Waals surface area contributed by atoms with Crippen molar-refractivity contribution in [1.82, 2.24) is 5.32 Å². The summed E-state index contributed by atoms with van der Waals surface area (Å²) in [6.07, 6.45) is 0.703. The summed E-state index contributed by atoms with van der Waals surface area (Å²) < 4.78 is 26.9. The fourth-order valence-electron chi connectivity index (χ4n) is 4.09. The average molecular weight is 491 g/mol. The zero-order valence-electron chi connectivity index (χ0n) is 19.9. The number of hydrogen-bond acceptors (Lipinski definition) is 5. The van der Waals surface area contributed by atoms with Gasteiger partial charge in [-0.15, -0.1) is 0 Å². The van der Waals surface area contributed by atoms with Crippen molar-refractivity contribution in [2.45, 2.75) is 13.3 Å². The minimum absolute atomic E-state index is 0.0331. The van der Waals surface area contributed by atoms with Crippen molar-refractivity contribution in [3.63, 3.8) is 0 Å². The molecule has 0 saturated heterocycles. The summed E-state index contributed by atoms with van der Waals surface area (Å²) in [5.41, 5.74) is 5.12. The van der Waals surface area contributed by atoms with Gasteiger partial charge in [0.15, 0.2) is 0 Å². The number of amides is 1. The number of nitrogens with zero attached hydrogens (tertiary/aromatic N) is 1. The smallest absolute Gasteiger partial charge is 0.258 e. The molecule has 0 spiro atoms. The first kappa shape index (κ1) is 24.5. The predicted octanol–water partition coefficient (Wildman–Crippen LogP) is 4.38. The van der Waals surface area contributed by atoms with Gasteiger partial charge in [-0.2, -0.15) is 0 Å². The van der Waals surface area contributed by atoms with Crippen LogP contribution in [0.2, 0.25) is 0 Å². The number of fused-ring (bicyclic) bond motifs is 1. The molecule has 0 fully saturated rings. The number of sulfonamides is 1. The zero-order chi connectivity index (χ0) is 24.8. The highest BCUT2D eigenvalue weighted by Crippen LogP contribution is 2.37. The summed E-state index contributed by atoms with van der Waals surface area (Å²) in [6, 6.07) is 24.6. The molecule has 35 heavy (non-hydrogen) atoms. The van der Waals surface area contributed by atoms with Gasteiger partial charge in [0.05, 0.1) is 22.7 Å². The van der Waals surface area contributed by atoms with E-state index in [2.05, 4.69) is 16.0 Å². The molecule has 1 heterocycles. The fourth-order valence-corrected chi connectivity index (χ4v) is 5.25. The Bertz CT molecular complexity index is 1320. The van der Waals surface area contributed by atoms with Crippen LogP contribution in [0.25, 0.3) is 11.3 Å². The standard InChI is InChI=1S/C27H30N4O3S/c1-3-35(33,34)31(19-9-18-28-2)22-16-14-21(15-17-22)29-26(20-10-5-4-6-11-20)25-23-12-7-8-13-24(23)30-27(25)32/h4-8,10-17,28-29H,3,9,18-19H2,1-2H3,(H,30,32)/b26-25-. The van der Waals surface area contributed by atoms with Gasteiger partial charge in [-0.3, -0.25) is 9.10 Å². The van der Waals surface area contributed by atoms with E-state index in [0.717, 1.165) is 29.0 Å². The molecule has 4 rings (SSSR count). The molecule has 0 aromatic heterocycles. The highest BCUT2D eigenvalue weighted by atomic mass is 32.2. The molecule has 0 atom stereocenters. The van der Waals surface area contributed by atoms with Crippen LogP contribution in [0.3, 0.4) is 0 Å². The number of nitrogens with one attached hydrogen (secondary N) is 3. The first-order chi connectivity index (χ1) is 16.9. The van der Waals surface area contributed by atoms with Crippen LogP contribution in [-0.2, 0) is 14.8 Å². The molecule has 1 aliphatic heterocycles. The van der Waals surface area contributed by atoms with E-state index in [1.165, 1.54) is 4.31 Å². The van der Waals surface area contributed by atoms with Gasteiger partial charge in [-0.1, -0.05) is 48.5 Å². The summed E-state index contributed by atoms with van der Waals surface area (Å²) in [4.78, 5) is 13.0. The molecule has 0 saturated carbocycles. The van der Waals surface area contributed by atoms with Crippen LogP contribution in [0, 0.1) is 0 Å². The number of carbonyl (C=O) groups excluding carboxylic acids is 1. The van der Waals surface area contributed by atoms with Gasteiger partial charge in [0.2, 0.25) is 10.0 Å². The van der Waals surface area contributed by atoms with E-state index in [9.17, 15) is 13.2 Å². The maximum Gasteiger partial charge on any atom is 0.258 e. The Morgan fingerprint density at radius 3 is 2.31 bits per heavy atom. The number of carbonyl (C=O) groups is 1. The maximum atomic E-state index is 13.0. The molecule has 3 N–H and O–H groups in total. The number of benzene rings is 3. The van der Waals surface area contributed by atoms with Gasteiger partial charge in [0, 0.05) is 23.5 Å². The van der Waals surface area contributed by atoms with Crippen LogP contribution in [0.1, 0.15) is 24.5 Å². The molecule has 1 aliphatic rings. The van der Waals surface area contributed by atoms with E-state index in [-0.39, 0.29) is 11.7 Å². The first-order valence-electron chi connectivity index (χ1n) is 11.7. The molecule has 0 unspecified atom stereocenters. The van der Waals surface area contributed by atoms with Crippen LogP contribution in [0.5, 0.6) is 0 Å². The van der Waals surface area contributed by atoms with Gasteiger partial charge >= 0.3 is 0 Å². The molecular weight excluding hydrogens is 460 g/mol. The largest absolute Gasteiger partial charge is 0.354 e. The summed E-state index contributed by atoms with van der Waals surface area (Å²) in [5.74, 6) is -0.135. The van der Waals surface area contributed by atoms with Crippen molar-refractivity contribution in [2.24, 2.45) is 0 Å². The Morgan fingerprint density at radius 2 is 1.63 bits per heavy atom. The van der Waals surface area contributed by atoms with Gasteiger partial charge in [-0.25, -0.2) is 8.42 Å². The van der Waals surface area contributed by atoms with E-state index in [0.29, 0.717) is 29.9 Å². The molecular formula is C27H30N4O3S. The lowest BCUT2D eigenvalue weighted by Crippen LogP contribution is -2.34. The number of rotatable bonds is 10. The van der Waals surface area contributed by atoms with E-state index in [4.69, 9.17) is 0 Å². The van der Waals surface area contributed by atoms with Crippen LogP contribution in [0.4, 0.5) is 17.1 Å². The van der Waals surface area contributed by atoms with Crippen molar-refractivity contribution in [3.05, 3.63) is 90.0 Å². The van der Waals surface area contributed by atoms with Crippen molar-refractivity contribution in [1.29, 1.82) is 0 Å². The van der Waals surface area contributed by atoms with E-state index >= 15 is 0 Å². The Labute approximate surface area is 206 Å². The van der Waals surface area contributed by atoms with Crippen LogP contribution in [-0.4, -0.2) is 40.2 Å². The number of anilines is 3. The number of para-hydroxylation sites is 1. The Kier molecular flexibility index (Phi) is 7.53. The molecule has 182 valence electrons. The molecule has 1 amide bonds. The summed E-state index contributed by atoms with van der Waals surface area (Å²) in [5, 5.41) is 9.42. The highest BCUT2D eigenvalue weighted by molar-refractivity contribution is 7.92. The van der Waals surface area contributed by atoms with Gasteiger partial charge in [-0.05, 0) is 62.8 Å². The third-order valence-corrected chi connectivity index (χ3v) is 7.69. The molecule has 0 radical (unpaired) electrons. The van der Waals surface area contributed by atoms with E-state index in [1.807, 2.05) is 73.8 Å². The summed E-state index contributed by atoms with van der Waals surface area (Å²) >= 11 is 0. The third kappa shape index (κ3) is 5.39. The number of hydrogen-bond donors (Lipinski definition) is 3. The topological polar surface area (TPSA) is 90.5 Å². The minimum Gasteiger partial charge on any atom is -0.354 e. The van der Waals surface area contributed by atoms with E-state index < -0.39 is 10.0 Å². The maximum absolute atomic E-state index is 13.0. The Morgan fingerprint density at radius 1 is 0.943 bits per heavy atom. The highest BCUT2D eigenvalue weighted by Gasteiger charge is 2.28. The monoisotopic (exact) mass is 490 g/mol. The SMILES string of the molecule is CCS(=O)(=O)N(CCCNC)c1ccc(N/C(=C2\C(=O)Nc3ccccc32)c2ccccc2)cc1. The summed E-state index contributed by atoms with van der Waals surface area (Å²) in [6.45, 7) is 2.78. The molecule has 7 nitrogen and oxygen atoms in total. The Balaban J connectivity index is 1.70. The summed E-state index contributed by atoms with van der Waals surface area (Å²) in [7, 11) is -1.56. The first-order valence-corrected chi connectivity index (χ1v) is 13.3. The normalized spacial score (nSPS) is 14.3. The average Bonchev–Trinajstić information content (AvgIpc) is 3.21. The van der Waals surface area contributed by atoms with Crippen molar-refractivity contribution < 1.29 is 13.2 Å². The van der Waals surface area contributed by atoms with Gasteiger partial charge in [0.1, 0.15) is 0 Å². The fraction of sp³-hybridized carbons (Fsp3) is 0.222. The lowest BCUT2D eigenvalue weighted by atomic mass is 10.00. The quantitative estimate of drug-likeness (QED) is 0.290. The second kappa shape index (κ2) is 10.8. The molecule has 8 heteroatoms. The van der Waals surface area contributed by atoms with Gasteiger partial charge < -0.3 is 16.0 Å². The van der Waals surface area contributed by atoms with Crippen molar-refractivity contribution in [2.75, 3.05) is 40.8 Å². The molecule has 0 bridgehead atoms. The second-order valence-corrected chi connectivity index (χ2v) is 10.4. The van der Waals surface area contributed by atoms with Crippen LogP contribution >= 0.6 is 0 Å². The van der Waals surface area contributed by atoms with E-state index in [1.54, 1.807) is 19.1 Å². The second-order valence-electron chi connectivity index (χ2n) is 8.22. The van der Waals surface area contributed by atoms with Crippen molar-refractivity contribution >= 4 is 44.3 Å². The predicted molar refractivity (Wildman–Crippen MR) is 144 cm³/mol. The molecule has 3 aromatic rings. The zero-order valence-corrected chi connectivity index (χ0v) is 20.7. The molecule has 3 aromatic carbocycles. The van der Waals surface area contributed by atoms with Crippen LogP contribution in [0.15, 0.2) is 78.9 Å². The Hall–Kier alpha value is -3.62. The minimum atomic E-state index is -3.40. The molecule has 0 aliphatic carbocycles. The van der Waals surface area contributed by atoms with Crippen molar-refractivity contribution in [3.8, 4) is 0 Å². The lowest BCUT2D eigenvalue weighted by molar-refractivity contribution is -0.110.